The summed E-state index contributed by atoms with van der Waals surface area (Å²) >= 11 is 0. The molecule has 2 aliphatic heterocycles. The van der Waals surface area contributed by atoms with Gasteiger partial charge in [0.05, 0.1) is 33.1 Å². The number of ether oxygens (including phenoxy) is 1. The van der Waals surface area contributed by atoms with Crippen LogP contribution in [0.2, 0.25) is 0 Å². The van der Waals surface area contributed by atoms with E-state index in [0.717, 1.165) is 52.2 Å². The average Bonchev–Trinajstić information content (AvgIpc) is 2.62. The summed E-state index contributed by atoms with van der Waals surface area (Å²) in [4.78, 5) is 0. The first-order chi connectivity index (χ1) is 10.9. The van der Waals surface area contributed by atoms with Crippen molar-refractivity contribution in [2.45, 2.75) is 24.9 Å². The number of likely N-dealkylation sites (tertiary alicyclic amines) is 1. The summed E-state index contributed by atoms with van der Waals surface area (Å²) in [6.45, 7) is 3.95. The van der Waals surface area contributed by atoms with Crippen LogP contribution in [0.4, 0.5) is 0 Å². The zero-order valence-corrected chi connectivity index (χ0v) is 14.0. The van der Waals surface area contributed by atoms with Crippen molar-refractivity contribution in [3.63, 3.8) is 0 Å². The first-order valence-electron chi connectivity index (χ1n) is 8.32. The monoisotopic (exact) mass is 310 g/mol. The van der Waals surface area contributed by atoms with Crippen LogP contribution in [0.3, 0.4) is 0 Å². The summed E-state index contributed by atoms with van der Waals surface area (Å²) in [5, 5.41) is 11.7. The lowest BCUT2D eigenvalue weighted by molar-refractivity contribution is -0.899. The Bertz CT molecular complexity index is 768. The molecule has 3 heteroatoms. The molecule has 0 bridgehead atoms. The first kappa shape index (κ1) is 14.7. The van der Waals surface area contributed by atoms with Gasteiger partial charge in [-0.15, -0.1) is 0 Å². The molecule has 0 amide bonds. The van der Waals surface area contributed by atoms with Crippen LogP contribution in [-0.2, 0) is 5.60 Å². The average molecular weight is 310 g/mol. The Labute approximate surface area is 137 Å². The minimum Gasteiger partial charge on any atom is -0.456 e. The van der Waals surface area contributed by atoms with Crippen LogP contribution in [0.15, 0.2) is 42.5 Å². The molecule has 4 rings (SSSR count). The van der Waals surface area contributed by atoms with E-state index in [0.29, 0.717) is 0 Å². The first-order valence-corrected chi connectivity index (χ1v) is 8.32. The Morgan fingerprint density at radius 3 is 2.74 bits per heavy atom. The van der Waals surface area contributed by atoms with E-state index in [1.165, 1.54) is 0 Å². The van der Waals surface area contributed by atoms with Gasteiger partial charge in [-0.1, -0.05) is 36.4 Å². The van der Waals surface area contributed by atoms with Gasteiger partial charge in [-0.25, -0.2) is 0 Å². The van der Waals surface area contributed by atoms with Gasteiger partial charge in [-0.2, -0.15) is 0 Å². The van der Waals surface area contributed by atoms with Crippen molar-refractivity contribution in [3.05, 3.63) is 59.2 Å². The van der Waals surface area contributed by atoms with Gasteiger partial charge in [0, 0.05) is 17.5 Å². The SMILES string of the molecule is Cc1cccc2c1Oc1ccccc1[C@]1(O)CC[N+](C)(C)C[C@H]21. The van der Waals surface area contributed by atoms with Gasteiger partial charge in [0.25, 0.3) is 0 Å². The van der Waals surface area contributed by atoms with Gasteiger partial charge >= 0.3 is 0 Å². The molecule has 120 valence electrons. The van der Waals surface area contributed by atoms with E-state index in [4.69, 9.17) is 4.74 Å². The molecule has 1 N–H and O–H groups in total. The lowest BCUT2D eigenvalue weighted by Gasteiger charge is -2.47. The van der Waals surface area contributed by atoms with E-state index in [2.05, 4.69) is 39.2 Å². The molecule has 2 aromatic carbocycles. The van der Waals surface area contributed by atoms with Crippen molar-refractivity contribution in [3.8, 4) is 11.5 Å². The number of likely N-dealkylation sites (N-methyl/N-ethyl adjacent to an activating group) is 1. The number of hydrogen-bond acceptors (Lipinski definition) is 2. The van der Waals surface area contributed by atoms with E-state index >= 15 is 0 Å². The molecule has 0 unspecified atom stereocenters. The summed E-state index contributed by atoms with van der Waals surface area (Å²) in [6, 6.07) is 14.2. The van der Waals surface area contributed by atoms with Crippen LogP contribution < -0.4 is 4.74 Å². The highest BCUT2D eigenvalue weighted by molar-refractivity contribution is 5.53. The van der Waals surface area contributed by atoms with Gasteiger partial charge in [-0.3, -0.25) is 0 Å². The number of para-hydroxylation sites is 2. The molecule has 0 saturated carbocycles. The van der Waals surface area contributed by atoms with E-state index in [-0.39, 0.29) is 5.92 Å². The zero-order valence-electron chi connectivity index (χ0n) is 14.0. The highest BCUT2D eigenvalue weighted by Crippen LogP contribution is 2.53. The number of nitrogens with zero attached hydrogens (tertiary/aromatic N) is 1. The largest absolute Gasteiger partial charge is 0.456 e. The summed E-state index contributed by atoms with van der Waals surface area (Å²) in [5.41, 5.74) is 2.33. The van der Waals surface area contributed by atoms with Crippen LogP contribution in [0.25, 0.3) is 0 Å². The Morgan fingerprint density at radius 1 is 1.13 bits per heavy atom. The van der Waals surface area contributed by atoms with Crippen LogP contribution in [0, 0.1) is 6.92 Å². The molecule has 3 nitrogen and oxygen atoms in total. The van der Waals surface area contributed by atoms with Crippen molar-refractivity contribution in [2.75, 3.05) is 27.2 Å². The van der Waals surface area contributed by atoms with Crippen molar-refractivity contribution in [1.82, 2.24) is 0 Å². The molecular formula is C20H24NO2+. The third-order valence-electron chi connectivity index (χ3n) is 5.53. The maximum atomic E-state index is 11.7. The number of quaternary nitrogens is 1. The fourth-order valence-electron chi connectivity index (χ4n) is 4.17. The third kappa shape index (κ3) is 2.19. The number of rotatable bonds is 0. The predicted molar refractivity (Wildman–Crippen MR) is 90.8 cm³/mol. The molecule has 2 heterocycles. The normalized spacial score (nSPS) is 27.9. The molecule has 2 aliphatic rings. The Morgan fingerprint density at radius 2 is 1.91 bits per heavy atom. The molecule has 2 aromatic rings. The second-order valence-corrected chi connectivity index (χ2v) is 7.66. The van der Waals surface area contributed by atoms with E-state index < -0.39 is 5.60 Å². The van der Waals surface area contributed by atoms with Gasteiger partial charge in [0.1, 0.15) is 17.1 Å². The highest BCUT2D eigenvalue weighted by atomic mass is 16.5. The van der Waals surface area contributed by atoms with Crippen LogP contribution >= 0.6 is 0 Å². The van der Waals surface area contributed by atoms with Crippen LogP contribution in [0.1, 0.15) is 29.0 Å². The Hall–Kier alpha value is -1.84. The number of piperidine rings is 1. The molecular weight excluding hydrogens is 286 g/mol. The summed E-state index contributed by atoms with van der Waals surface area (Å²) < 4.78 is 7.21. The molecule has 0 radical (unpaired) electrons. The second kappa shape index (κ2) is 4.83. The lowest BCUT2D eigenvalue weighted by Crippen LogP contribution is -2.55. The number of fused-ring (bicyclic) bond motifs is 5. The molecule has 1 saturated heterocycles. The van der Waals surface area contributed by atoms with Gasteiger partial charge in [-0.05, 0) is 18.6 Å². The second-order valence-electron chi connectivity index (χ2n) is 7.66. The maximum absolute atomic E-state index is 11.7. The van der Waals surface area contributed by atoms with E-state index in [1.54, 1.807) is 0 Å². The number of benzene rings is 2. The fourth-order valence-corrected chi connectivity index (χ4v) is 4.17. The molecule has 1 fully saturated rings. The fraction of sp³-hybridized carbons (Fsp3) is 0.400. The topological polar surface area (TPSA) is 29.5 Å². The third-order valence-corrected chi connectivity index (χ3v) is 5.53. The van der Waals surface area contributed by atoms with Gasteiger partial charge in [0.2, 0.25) is 0 Å². The molecule has 0 aliphatic carbocycles. The van der Waals surface area contributed by atoms with E-state index in [9.17, 15) is 5.11 Å². The van der Waals surface area contributed by atoms with Crippen molar-refractivity contribution in [2.24, 2.45) is 0 Å². The van der Waals surface area contributed by atoms with Crippen LogP contribution in [-0.4, -0.2) is 36.8 Å². The lowest BCUT2D eigenvalue weighted by atomic mass is 9.72. The summed E-state index contributed by atoms with van der Waals surface area (Å²) in [7, 11) is 4.49. The highest BCUT2D eigenvalue weighted by Gasteiger charge is 2.51. The summed E-state index contributed by atoms with van der Waals surface area (Å²) in [5.74, 6) is 1.76. The van der Waals surface area contributed by atoms with Gasteiger partial charge < -0.3 is 14.3 Å². The molecule has 0 aromatic heterocycles. The Kier molecular flexibility index (Phi) is 3.09. The molecule has 2 atom stereocenters. The molecule has 23 heavy (non-hydrogen) atoms. The smallest absolute Gasteiger partial charge is 0.134 e. The number of aliphatic hydroxyl groups is 1. The van der Waals surface area contributed by atoms with Crippen molar-refractivity contribution < 1.29 is 14.3 Å². The van der Waals surface area contributed by atoms with Crippen molar-refractivity contribution >= 4 is 0 Å². The number of hydrogen-bond donors (Lipinski definition) is 1. The van der Waals surface area contributed by atoms with Crippen LogP contribution in [0.5, 0.6) is 11.5 Å². The predicted octanol–water partition coefficient (Wildman–Crippen LogP) is 3.55. The zero-order chi connectivity index (χ0) is 16.2. The molecule has 0 spiro atoms. The van der Waals surface area contributed by atoms with E-state index in [1.807, 2.05) is 24.3 Å². The standard InChI is InChI=1S/C20H24NO2/c1-14-7-6-8-15-17-13-21(2,3)12-11-20(17,22)16-9-4-5-10-18(16)23-19(14)15/h4-10,17,22H,11-13H2,1-3H3/q+1/t17-,20-/m1/s1. The minimum atomic E-state index is -0.858. The maximum Gasteiger partial charge on any atom is 0.134 e. The number of aryl methyl sites for hydroxylation is 1. The van der Waals surface area contributed by atoms with Crippen molar-refractivity contribution in [1.29, 1.82) is 0 Å². The van der Waals surface area contributed by atoms with Gasteiger partial charge in [0.15, 0.2) is 0 Å². The Balaban J connectivity index is 1.99. The minimum absolute atomic E-state index is 0.0461. The quantitative estimate of drug-likeness (QED) is 0.754. The summed E-state index contributed by atoms with van der Waals surface area (Å²) in [6.07, 6.45) is 0.748.